The maximum Gasteiger partial charge on any atom is 0.159 e. The van der Waals surface area contributed by atoms with E-state index in [0.29, 0.717) is 0 Å². The minimum absolute atomic E-state index is 0.200. The van der Waals surface area contributed by atoms with E-state index in [9.17, 15) is 0 Å². The summed E-state index contributed by atoms with van der Waals surface area (Å²) in [6.07, 6.45) is 18.6. The highest BCUT2D eigenvalue weighted by Gasteiger charge is 2.25. The van der Waals surface area contributed by atoms with E-state index in [0.717, 1.165) is 60.5 Å². The molecule has 0 saturated heterocycles. The first-order valence-electron chi connectivity index (χ1n) is 21.1. The summed E-state index contributed by atoms with van der Waals surface area (Å²) in [4.78, 5) is 10.6. The molecule has 1 unspecified atom stereocenters. The Bertz CT molecular complexity index is 3100. The summed E-state index contributed by atoms with van der Waals surface area (Å²) in [5, 5.41) is 7.90. The molecule has 0 amide bonds. The third-order valence-corrected chi connectivity index (χ3v) is 13.2. The van der Waals surface area contributed by atoms with Gasteiger partial charge in [0, 0.05) is 37.4 Å². The fourth-order valence-corrected chi connectivity index (χ4v) is 10.1. The maximum absolute atomic E-state index is 5.32. The minimum atomic E-state index is 0.200. The van der Waals surface area contributed by atoms with Crippen molar-refractivity contribution in [1.82, 2.24) is 0 Å². The van der Waals surface area contributed by atoms with Crippen molar-refractivity contribution in [2.24, 2.45) is 9.98 Å². The van der Waals surface area contributed by atoms with Crippen LogP contribution in [0.3, 0.4) is 0 Å². The third kappa shape index (κ3) is 7.11. The van der Waals surface area contributed by atoms with Gasteiger partial charge in [-0.25, -0.2) is 9.98 Å². The molecule has 2 aliphatic rings. The zero-order chi connectivity index (χ0) is 39.7. The largest absolute Gasteiger partial charge is 0.233 e. The normalized spacial score (nSPS) is 16.0. The van der Waals surface area contributed by atoms with Gasteiger partial charge in [0.05, 0.1) is 5.70 Å². The molecule has 1 atom stereocenters. The van der Waals surface area contributed by atoms with E-state index in [1.165, 1.54) is 75.1 Å². The molecule has 7 aromatic carbocycles. The van der Waals surface area contributed by atoms with Crippen LogP contribution in [0.5, 0.6) is 0 Å². The Hall–Kier alpha value is -6.42. The van der Waals surface area contributed by atoms with Crippen molar-refractivity contribution in [1.29, 1.82) is 0 Å². The molecule has 1 aromatic heterocycles. The van der Waals surface area contributed by atoms with E-state index in [2.05, 4.69) is 190 Å². The number of aliphatic imine (C=N–C) groups is 2. The second-order valence-corrected chi connectivity index (χ2v) is 16.9. The van der Waals surface area contributed by atoms with Crippen molar-refractivity contribution in [3.8, 4) is 11.1 Å². The highest BCUT2D eigenvalue weighted by Crippen LogP contribution is 2.45. The van der Waals surface area contributed by atoms with Gasteiger partial charge in [0.1, 0.15) is 0 Å². The summed E-state index contributed by atoms with van der Waals surface area (Å²) in [7, 11) is 0. The lowest BCUT2D eigenvalue weighted by Gasteiger charge is -2.27. The molecule has 0 fully saturated rings. The summed E-state index contributed by atoms with van der Waals surface area (Å²) >= 11 is 1.87. The monoisotopic (exact) mass is 778 g/mol. The fourth-order valence-electron chi connectivity index (χ4n) is 9.03. The van der Waals surface area contributed by atoms with E-state index in [1.54, 1.807) is 0 Å². The highest BCUT2D eigenvalue weighted by atomic mass is 32.1. The van der Waals surface area contributed by atoms with E-state index in [-0.39, 0.29) is 5.92 Å². The van der Waals surface area contributed by atoms with E-state index < -0.39 is 0 Å². The van der Waals surface area contributed by atoms with Gasteiger partial charge in [-0.15, -0.1) is 11.3 Å². The van der Waals surface area contributed by atoms with Crippen LogP contribution in [-0.2, 0) is 0 Å². The number of benzene rings is 7. The van der Waals surface area contributed by atoms with Gasteiger partial charge in [-0.3, -0.25) is 0 Å². The van der Waals surface area contributed by atoms with Crippen molar-refractivity contribution >= 4 is 70.7 Å². The first kappa shape index (κ1) is 36.9. The number of hydrogen-bond donors (Lipinski definition) is 0. The maximum atomic E-state index is 5.32. The van der Waals surface area contributed by atoms with Crippen LogP contribution in [0.2, 0.25) is 0 Å². The van der Waals surface area contributed by atoms with Gasteiger partial charge in [-0.1, -0.05) is 159 Å². The molecule has 0 saturated carbocycles. The predicted octanol–water partition coefficient (Wildman–Crippen LogP) is 15.8. The number of thiophene rings is 1. The van der Waals surface area contributed by atoms with Crippen LogP contribution >= 0.6 is 11.3 Å². The van der Waals surface area contributed by atoms with Gasteiger partial charge in [-0.05, 0) is 123 Å². The Morgan fingerprint density at radius 1 is 0.661 bits per heavy atom. The van der Waals surface area contributed by atoms with Crippen LogP contribution in [0.4, 0.5) is 0 Å². The molecule has 286 valence electrons. The van der Waals surface area contributed by atoms with E-state index >= 15 is 0 Å². The molecule has 59 heavy (non-hydrogen) atoms. The average Bonchev–Trinajstić information content (AvgIpc) is 3.68. The second-order valence-electron chi connectivity index (χ2n) is 15.8. The average molecular weight is 779 g/mol. The SMILES string of the molecule is CCC/C=C(/N=C(\N=C(/C)c1cccc(C2CC=Cc3c2c2ccc(-c4ccc5sc6ccccc6c5c4)cc2c2ccccc32)c1)c1ccccc1)C1=CC=CCC1. The number of amidine groups is 1. The van der Waals surface area contributed by atoms with Gasteiger partial charge in [0.2, 0.25) is 0 Å². The lowest BCUT2D eigenvalue weighted by atomic mass is 9.77. The third-order valence-electron chi connectivity index (χ3n) is 12.0. The van der Waals surface area contributed by atoms with Crippen LogP contribution < -0.4 is 0 Å². The number of allylic oxidation sites excluding steroid dienone is 6. The van der Waals surface area contributed by atoms with Gasteiger partial charge in [0.15, 0.2) is 5.84 Å². The Morgan fingerprint density at radius 3 is 2.24 bits per heavy atom. The minimum Gasteiger partial charge on any atom is -0.233 e. The number of fused-ring (bicyclic) bond motifs is 9. The molecule has 10 rings (SSSR count). The lowest BCUT2D eigenvalue weighted by molar-refractivity contribution is 0.829. The number of rotatable bonds is 8. The number of nitrogens with zero attached hydrogens (tertiary/aromatic N) is 2. The van der Waals surface area contributed by atoms with Crippen LogP contribution in [0.15, 0.2) is 191 Å². The molecule has 1 heterocycles. The number of hydrogen-bond acceptors (Lipinski definition) is 2. The zero-order valence-corrected chi connectivity index (χ0v) is 34.5. The van der Waals surface area contributed by atoms with Gasteiger partial charge in [0.25, 0.3) is 0 Å². The van der Waals surface area contributed by atoms with Gasteiger partial charge in [-0.2, -0.15) is 0 Å². The van der Waals surface area contributed by atoms with Crippen molar-refractivity contribution in [3.63, 3.8) is 0 Å². The fraction of sp³-hybridized carbons (Fsp3) is 0.143. The molecule has 0 bridgehead atoms. The van der Waals surface area contributed by atoms with Crippen LogP contribution in [0.1, 0.15) is 79.7 Å². The molecule has 2 aliphatic carbocycles. The van der Waals surface area contributed by atoms with E-state index in [1.807, 2.05) is 11.3 Å². The molecular formula is C56H46N2S. The smallest absolute Gasteiger partial charge is 0.159 e. The van der Waals surface area contributed by atoms with Crippen LogP contribution in [0, 0.1) is 0 Å². The summed E-state index contributed by atoms with van der Waals surface area (Å²) in [5.41, 5.74) is 11.9. The molecule has 0 aliphatic heterocycles. The molecule has 0 radical (unpaired) electrons. The molecule has 8 aromatic rings. The van der Waals surface area contributed by atoms with Crippen LogP contribution in [0.25, 0.3) is 58.9 Å². The standard InChI is InChI=1S/C56H46N2S/c1-3-4-28-52(38-17-7-5-8-18-38)58-56(39-19-9-6-10-20-39)57-37(2)40-21-15-22-43(34-40)44-26-16-27-48-45-23-11-12-24-46(45)50-35-41(30-32-49(50)55(44)48)42-31-33-54-51(36-42)47-25-13-14-29-53(47)59-54/h5-7,9-17,19-25,27-36,44H,3-4,8,18,26H2,1-2H3/b52-28+,57-37+,58-56-. The first-order chi connectivity index (χ1) is 29.1. The topological polar surface area (TPSA) is 24.7 Å². The number of unbranched alkanes of at least 4 members (excludes halogenated alkanes) is 1. The van der Waals surface area contributed by atoms with Crippen molar-refractivity contribution in [2.75, 3.05) is 0 Å². The Labute approximate surface area is 351 Å². The highest BCUT2D eigenvalue weighted by molar-refractivity contribution is 7.25. The van der Waals surface area contributed by atoms with Crippen molar-refractivity contribution < 1.29 is 0 Å². The first-order valence-corrected chi connectivity index (χ1v) is 21.9. The van der Waals surface area contributed by atoms with Crippen molar-refractivity contribution in [3.05, 3.63) is 209 Å². The Balaban J connectivity index is 1.07. The quantitative estimate of drug-likeness (QED) is 0.0834. The zero-order valence-electron chi connectivity index (χ0n) is 33.7. The summed E-state index contributed by atoms with van der Waals surface area (Å²) in [5.74, 6) is 0.947. The second kappa shape index (κ2) is 16.1. The van der Waals surface area contributed by atoms with E-state index in [4.69, 9.17) is 9.98 Å². The molecule has 0 N–H and O–H groups in total. The Kier molecular flexibility index (Phi) is 10.1. The van der Waals surface area contributed by atoms with Crippen molar-refractivity contribution in [2.45, 2.75) is 51.9 Å². The summed E-state index contributed by atoms with van der Waals surface area (Å²) in [6.45, 7) is 4.35. The van der Waals surface area contributed by atoms with Gasteiger partial charge >= 0.3 is 0 Å². The predicted molar refractivity (Wildman–Crippen MR) is 256 cm³/mol. The molecule has 0 spiro atoms. The summed E-state index contributed by atoms with van der Waals surface area (Å²) < 4.78 is 2.67. The lowest BCUT2D eigenvalue weighted by Crippen LogP contribution is -2.09. The Morgan fingerprint density at radius 2 is 1.41 bits per heavy atom. The summed E-state index contributed by atoms with van der Waals surface area (Å²) in [6, 6.07) is 51.4. The molecular weight excluding hydrogens is 733 g/mol. The molecule has 3 heteroatoms. The van der Waals surface area contributed by atoms with Crippen LogP contribution in [-0.4, -0.2) is 11.5 Å². The van der Waals surface area contributed by atoms with Gasteiger partial charge < -0.3 is 0 Å². The molecule has 2 nitrogen and oxygen atoms in total.